The molecule has 0 aromatic heterocycles. The standard InChI is InChI=1S/C6H9F3NO/c7-6(8,9)10-3-1-5(11)2-4-10/h5H,1-4H2. The van der Waals surface area contributed by atoms with Gasteiger partial charge in [-0.05, 0) is 12.8 Å². The van der Waals surface area contributed by atoms with Crippen LogP contribution in [0, 0.1) is 0 Å². The van der Waals surface area contributed by atoms with Crippen molar-refractivity contribution < 1.29 is 18.3 Å². The third kappa shape index (κ3) is 2.34. The van der Waals surface area contributed by atoms with E-state index in [1.54, 1.807) is 0 Å². The van der Waals surface area contributed by atoms with Gasteiger partial charge >= 0.3 is 6.30 Å². The van der Waals surface area contributed by atoms with E-state index in [2.05, 4.69) is 0 Å². The van der Waals surface area contributed by atoms with Crippen molar-refractivity contribution in [1.29, 1.82) is 0 Å². The van der Waals surface area contributed by atoms with Crippen molar-refractivity contribution in [2.45, 2.75) is 25.2 Å². The summed E-state index contributed by atoms with van der Waals surface area (Å²) in [7, 11) is 0. The molecule has 0 N–H and O–H groups in total. The zero-order valence-corrected chi connectivity index (χ0v) is 5.90. The third-order valence-corrected chi connectivity index (χ3v) is 1.80. The van der Waals surface area contributed by atoms with Crippen LogP contribution in [0.4, 0.5) is 13.2 Å². The van der Waals surface area contributed by atoms with Crippen molar-refractivity contribution in [3.63, 3.8) is 0 Å². The van der Waals surface area contributed by atoms with Crippen molar-refractivity contribution in [3.8, 4) is 0 Å². The molecule has 0 aliphatic carbocycles. The van der Waals surface area contributed by atoms with Crippen LogP contribution >= 0.6 is 0 Å². The molecule has 1 saturated heterocycles. The van der Waals surface area contributed by atoms with Crippen LogP contribution in [0.1, 0.15) is 12.8 Å². The second-order valence-electron chi connectivity index (χ2n) is 2.65. The van der Waals surface area contributed by atoms with Crippen LogP contribution in [-0.2, 0) is 5.11 Å². The van der Waals surface area contributed by atoms with E-state index < -0.39 is 12.4 Å². The van der Waals surface area contributed by atoms with Crippen LogP contribution in [-0.4, -0.2) is 30.4 Å². The van der Waals surface area contributed by atoms with E-state index in [0.717, 1.165) is 0 Å². The smallest absolute Gasteiger partial charge is 0.233 e. The van der Waals surface area contributed by atoms with E-state index in [0.29, 0.717) is 4.90 Å². The van der Waals surface area contributed by atoms with Gasteiger partial charge in [0.2, 0.25) is 0 Å². The topological polar surface area (TPSA) is 23.1 Å². The molecule has 1 radical (unpaired) electrons. The predicted molar refractivity (Wildman–Crippen MR) is 31.3 cm³/mol. The monoisotopic (exact) mass is 168 g/mol. The number of piperidine rings is 1. The molecule has 65 valence electrons. The molecule has 5 heteroatoms. The second-order valence-corrected chi connectivity index (χ2v) is 2.65. The lowest BCUT2D eigenvalue weighted by Gasteiger charge is -2.29. The Kier molecular flexibility index (Phi) is 2.39. The lowest BCUT2D eigenvalue weighted by atomic mass is 10.1. The van der Waals surface area contributed by atoms with Gasteiger partial charge in [0.25, 0.3) is 0 Å². The first-order valence-corrected chi connectivity index (χ1v) is 3.48. The Bertz CT molecular complexity index is 128. The van der Waals surface area contributed by atoms with E-state index >= 15 is 0 Å². The van der Waals surface area contributed by atoms with Gasteiger partial charge in [-0.25, -0.2) is 10.0 Å². The molecule has 0 unspecified atom stereocenters. The first-order chi connectivity index (χ1) is 5.00. The van der Waals surface area contributed by atoms with Crippen molar-refractivity contribution in [1.82, 2.24) is 4.90 Å². The molecule has 1 aliphatic rings. The van der Waals surface area contributed by atoms with E-state index in [9.17, 15) is 18.3 Å². The summed E-state index contributed by atoms with van der Waals surface area (Å²) in [6.07, 6.45) is -4.83. The van der Waals surface area contributed by atoms with Gasteiger partial charge in [0.1, 0.15) is 0 Å². The average Bonchev–Trinajstić information content (AvgIpc) is 1.86. The molecule has 0 saturated carbocycles. The highest BCUT2D eigenvalue weighted by Crippen LogP contribution is 2.25. The highest BCUT2D eigenvalue weighted by Gasteiger charge is 2.38. The van der Waals surface area contributed by atoms with Gasteiger partial charge in [0, 0.05) is 13.1 Å². The molecule has 0 aromatic carbocycles. The minimum absolute atomic E-state index is 0.111. The lowest BCUT2D eigenvalue weighted by molar-refractivity contribution is -0.254. The first-order valence-electron chi connectivity index (χ1n) is 3.48. The fraction of sp³-hybridized carbons (Fsp3) is 1.00. The van der Waals surface area contributed by atoms with E-state index in [1.807, 2.05) is 0 Å². The SMILES string of the molecule is [O]C1CCN(C(F)(F)F)CC1. The molecule has 1 rings (SSSR count). The number of nitrogens with zero attached hydrogens (tertiary/aromatic N) is 1. The molecule has 11 heavy (non-hydrogen) atoms. The summed E-state index contributed by atoms with van der Waals surface area (Å²) in [6, 6.07) is 0. The zero-order chi connectivity index (χ0) is 8.48. The quantitative estimate of drug-likeness (QED) is 0.501. The molecule has 0 atom stereocenters. The number of hydrogen-bond acceptors (Lipinski definition) is 1. The highest BCUT2D eigenvalue weighted by molar-refractivity contribution is 4.71. The summed E-state index contributed by atoms with van der Waals surface area (Å²) in [5.74, 6) is 0. The van der Waals surface area contributed by atoms with Crippen LogP contribution in [0.2, 0.25) is 0 Å². The number of likely N-dealkylation sites (tertiary alicyclic amines) is 1. The summed E-state index contributed by atoms with van der Waals surface area (Å²) in [5.41, 5.74) is 0. The minimum Gasteiger partial charge on any atom is -0.233 e. The summed E-state index contributed by atoms with van der Waals surface area (Å²) in [6.45, 7) is -0.282. The number of halogens is 3. The maximum absolute atomic E-state index is 11.9. The Morgan fingerprint density at radius 2 is 1.64 bits per heavy atom. The molecule has 2 nitrogen and oxygen atoms in total. The summed E-state index contributed by atoms with van der Waals surface area (Å²) in [5, 5.41) is 10.6. The van der Waals surface area contributed by atoms with Crippen LogP contribution in [0.25, 0.3) is 0 Å². The maximum atomic E-state index is 11.9. The lowest BCUT2D eigenvalue weighted by Crippen LogP contribution is -2.44. The van der Waals surface area contributed by atoms with E-state index in [1.165, 1.54) is 0 Å². The van der Waals surface area contributed by atoms with Crippen LogP contribution in [0.5, 0.6) is 0 Å². The predicted octanol–water partition coefficient (Wildman–Crippen LogP) is 1.40. The van der Waals surface area contributed by atoms with Gasteiger partial charge in [0.05, 0.1) is 6.10 Å². The summed E-state index contributed by atoms with van der Waals surface area (Å²) < 4.78 is 35.7. The molecule has 0 bridgehead atoms. The maximum Gasteiger partial charge on any atom is 0.459 e. The second kappa shape index (κ2) is 2.98. The van der Waals surface area contributed by atoms with Crippen molar-refractivity contribution in [2.24, 2.45) is 0 Å². The Morgan fingerprint density at radius 3 is 2.00 bits per heavy atom. The van der Waals surface area contributed by atoms with Gasteiger partial charge in [-0.1, -0.05) is 0 Å². The van der Waals surface area contributed by atoms with Crippen molar-refractivity contribution in [3.05, 3.63) is 0 Å². The fourth-order valence-electron chi connectivity index (χ4n) is 1.11. The molecule has 0 amide bonds. The summed E-state index contributed by atoms with van der Waals surface area (Å²) in [4.78, 5) is 0.390. The van der Waals surface area contributed by atoms with Crippen LogP contribution < -0.4 is 0 Å². The van der Waals surface area contributed by atoms with Crippen LogP contribution in [0.3, 0.4) is 0 Å². The van der Waals surface area contributed by atoms with Gasteiger partial charge in [0.15, 0.2) is 0 Å². The minimum atomic E-state index is -4.25. The average molecular weight is 168 g/mol. The molecule has 1 heterocycles. The number of alkyl halides is 3. The van der Waals surface area contributed by atoms with Gasteiger partial charge < -0.3 is 0 Å². The highest BCUT2D eigenvalue weighted by atomic mass is 19.4. The van der Waals surface area contributed by atoms with Crippen molar-refractivity contribution in [2.75, 3.05) is 13.1 Å². The molecule has 1 aliphatic heterocycles. The third-order valence-electron chi connectivity index (χ3n) is 1.80. The number of rotatable bonds is 0. The molecular weight excluding hydrogens is 159 g/mol. The zero-order valence-electron chi connectivity index (χ0n) is 5.90. The molecule has 0 aromatic rings. The van der Waals surface area contributed by atoms with E-state index in [-0.39, 0.29) is 25.9 Å². The molecule has 1 fully saturated rings. The van der Waals surface area contributed by atoms with Crippen LogP contribution in [0.15, 0.2) is 0 Å². The summed E-state index contributed by atoms with van der Waals surface area (Å²) >= 11 is 0. The van der Waals surface area contributed by atoms with Gasteiger partial charge in [-0.2, -0.15) is 13.2 Å². The van der Waals surface area contributed by atoms with Gasteiger partial charge in [-0.15, -0.1) is 0 Å². The molecule has 0 spiro atoms. The molecular formula is C6H9F3NO. The Balaban J connectivity index is 2.39. The Labute approximate surface area is 62.6 Å². The van der Waals surface area contributed by atoms with Gasteiger partial charge in [-0.3, -0.25) is 0 Å². The fourth-order valence-corrected chi connectivity index (χ4v) is 1.11. The Morgan fingerprint density at radius 1 is 1.18 bits per heavy atom. The van der Waals surface area contributed by atoms with Crippen molar-refractivity contribution >= 4 is 0 Å². The number of hydrogen-bond donors (Lipinski definition) is 0. The largest absolute Gasteiger partial charge is 0.459 e. The Hall–Kier alpha value is -0.290. The van der Waals surface area contributed by atoms with E-state index in [4.69, 9.17) is 0 Å². The normalized spacial score (nSPS) is 24.0. The first kappa shape index (κ1) is 8.80.